The Kier molecular flexibility index (Phi) is 30.2. The van der Waals surface area contributed by atoms with Crippen molar-refractivity contribution in [2.24, 2.45) is 28.1 Å². The van der Waals surface area contributed by atoms with Gasteiger partial charge < -0.3 is 84.2 Å². The standard InChI is InChI=1S/C84H109FN16O11/c1-51(102)76-83(112)94-68(42-56-33-35-60(85)36-34-56)74(105)32-13-7-12-31-72(101(53(3)104)40-20-39-100(52(2)103)50-57-41-63-62-26-18-29-65-75(62)59(48-91-65)46-73(63)99(4)49-57)82(111)93-67(30-19-38-89-84(87)88)77(106)95-69(43-54-21-8-5-9-22-54)79(108)96-70(44-55-23-10-6-11-24-55)80(109)97-71(45-58-47-90-64-27-15-14-25-61(58)64)81(110)92-66(78(107)98-76)28-16-17-37-86/h5-6,8-11,14-15,18,21-27,29,33-36,47-48,51,57,63,66-73,76,90-91,102H,7,12-13,16-17,19-20,28,30-32,37-46,49-50,86H2,1-4H3,(H,92,110)(H,93,111)(H,94,112)(H,95,106)(H,96,108)(H,97,109)(H,98,107)(H4,87,88,89)/t51-,57-,63-,66+,67+,68+,69+,70+,71-,72-,73-,76+/m1/s1. The maximum absolute atomic E-state index is 15.6. The van der Waals surface area contributed by atoms with Crippen LogP contribution in [0.5, 0.6) is 0 Å². The summed E-state index contributed by atoms with van der Waals surface area (Å²) in [6.45, 7) is 5.85. The van der Waals surface area contributed by atoms with Crippen molar-refractivity contribution in [2.75, 3.05) is 46.3 Å². The minimum Gasteiger partial charge on any atom is -0.391 e. The highest BCUT2D eigenvalue weighted by Crippen LogP contribution is 2.44. The zero-order valence-electron chi connectivity index (χ0n) is 64.4. The molecule has 7 aromatic rings. The lowest BCUT2D eigenvalue weighted by Gasteiger charge is -2.46. The second-order valence-electron chi connectivity index (χ2n) is 30.2. The van der Waals surface area contributed by atoms with Crippen molar-refractivity contribution in [3.05, 3.63) is 179 Å². The number of aromatic nitrogens is 2. The first kappa shape index (κ1) is 83.6. The van der Waals surface area contributed by atoms with Crippen molar-refractivity contribution in [3.8, 4) is 0 Å². The zero-order chi connectivity index (χ0) is 80.0. The Hall–Kier alpha value is -10.8. The second-order valence-corrected chi connectivity index (χ2v) is 30.2. The lowest BCUT2D eigenvalue weighted by Crippen LogP contribution is -2.62. The molecule has 4 heterocycles. The summed E-state index contributed by atoms with van der Waals surface area (Å²) in [5, 5.41) is 33.2. The van der Waals surface area contributed by atoms with Crippen molar-refractivity contribution >= 4 is 86.7 Å². The van der Waals surface area contributed by atoms with E-state index in [1.165, 1.54) is 66.4 Å². The summed E-state index contributed by atoms with van der Waals surface area (Å²) in [5.41, 5.74) is 24.2. The molecule has 112 heavy (non-hydrogen) atoms. The monoisotopic (exact) mass is 1540 g/mol. The molecule has 27 nitrogen and oxygen atoms in total. The molecule has 9 amide bonds. The number of aliphatic hydroxyl groups excluding tert-OH is 1. The van der Waals surface area contributed by atoms with Gasteiger partial charge in [-0.1, -0.05) is 116 Å². The van der Waals surface area contributed by atoms with E-state index in [4.69, 9.17) is 17.2 Å². The lowest BCUT2D eigenvalue weighted by molar-refractivity contribution is -0.141. The highest BCUT2D eigenvalue weighted by Gasteiger charge is 2.42. The summed E-state index contributed by atoms with van der Waals surface area (Å²) >= 11 is 0. The molecule has 12 atom stereocenters. The van der Waals surface area contributed by atoms with Gasteiger partial charge in [0.2, 0.25) is 53.2 Å². The van der Waals surface area contributed by atoms with Gasteiger partial charge in [0.15, 0.2) is 11.7 Å². The molecule has 0 radical (unpaired) electrons. The lowest BCUT2D eigenvalue weighted by atomic mass is 9.72. The topological polar surface area (TPSA) is 407 Å². The number of likely N-dealkylation sites (N-methyl/N-ethyl adjacent to an activating group) is 1. The molecule has 2 aliphatic heterocycles. The molecule has 0 unspecified atom stereocenters. The van der Waals surface area contributed by atoms with Crippen LogP contribution >= 0.6 is 0 Å². The number of hydrogen-bond acceptors (Lipinski definition) is 14. The van der Waals surface area contributed by atoms with Crippen LogP contribution < -0.4 is 54.4 Å². The van der Waals surface area contributed by atoms with E-state index in [1.54, 1.807) is 71.8 Å². The number of aliphatic imine (C=N–C) groups is 1. The number of para-hydroxylation sites is 1. The molecule has 10 rings (SSSR count). The van der Waals surface area contributed by atoms with Gasteiger partial charge in [-0.05, 0) is 155 Å². The summed E-state index contributed by atoms with van der Waals surface area (Å²) in [6, 6.07) is 25.5. The fourth-order valence-corrected chi connectivity index (χ4v) is 16.0. The van der Waals surface area contributed by atoms with Gasteiger partial charge in [-0.2, -0.15) is 0 Å². The van der Waals surface area contributed by atoms with Crippen molar-refractivity contribution in [1.82, 2.24) is 61.9 Å². The Morgan fingerprint density at radius 2 is 1.15 bits per heavy atom. The number of Topliss-reactive ketones (excluding diaryl/α,β-unsaturated/α-hetero) is 1. The number of piperidine rings is 1. The number of nitrogens with one attached hydrogen (secondary N) is 9. The molecule has 28 heteroatoms. The van der Waals surface area contributed by atoms with Crippen LogP contribution in [0.3, 0.4) is 0 Å². The highest BCUT2D eigenvalue weighted by molar-refractivity contribution is 5.99. The second kappa shape index (κ2) is 40.4. The van der Waals surface area contributed by atoms with Gasteiger partial charge in [0.25, 0.3) is 0 Å². The average Bonchev–Trinajstić information content (AvgIpc) is 1.63. The minimum atomic E-state index is -1.71. The van der Waals surface area contributed by atoms with E-state index in [9.17, 15) is 33.5 Å². The molecule has 0 saturated carbocycles. The number of benzene rings is 5. The molecular formula is C84H109FN16O11. The number of fused-ring (bicyclic) bond motifs is 3. The predicted octanol–water partition coefficient (Wildman–Crippen LogP) is 4.67. The number of H-pyrrole nitrogens is 2. The van der Waals surface area contributed by atoms with E-state index in [0.717, 1.165) is 35.8 Å². The number of hydrogen-bond donors (Lipinski definition) is 13. The summed E-state index contributed by atoms with van der Waals surface area (Å²) in [5.74, 6) is -7.37. The van der Waals surface area contributed by atoms with E-state index >= 15 is 24.0 Å². The van der Waals surface area contributed by atoms with E-state index in [0.29, 0.717) is 48.1 Å². The fraction of sp³-hybridized carbons (Fsp3) is 0.464. The van der Waals surface area contributed by atoms with E-state index in [-0.39, 0.29) is 133 Å². The van der Waals surface area contributed by atoms with Crippen molar-refractivity contribution < 1.29 is 57.4 Å². The van der Waals surface area contributed by atoms with Gasteiger partial charge in [-0.25, -0.2) is 4.39 Å². The SMILES string of the molecule is CC(=O)N(CCCN(C(C)=O)[C@@H]1CCCCCC(=O)[C@H](Cc2ccc(F)cc2)NC(=O)[C@H]([C@@H](C)O)NC(=O)[C@H](CCCCN)NC(=O)[C@@H](Cc2c[nH]c3ccccc23)NC(=O)[C@H](Cc2ccccc2)NC(=O)[C@H](Cc2ccccc2)NC(=O)[C@H](CCCN=C(N)N)NC1=O)C[C@@H]1C[C@@H]2c3cccc4[nH]cc(c34)C[C@H]2N(C)C1. The van der Waals surface area contributed by atoms with E-state index < -0.39 is 113 Å². The number of ketones is 1. The van der Waals surface area contributed by atoms with Gasteiger partial charge in [0.05, 0.1) is 12.1 Å². The number of carbonyl (C=O) groups is 10. The smallest absolute Gasteiger partial charge is 0.245 e. The summed E-state index contributed by atoms with van der Waals surface area (Å²) in [4.78, 5) is 166. The van der Waals surface area contributed by atoms with Crippen LogP contribution in [0.4, 0.5) is 4.39 Å². The maximum Gasteiger partial charge on any atom is 0.245 e. The molecule has 2 saturated heterocycles. The first-order valence-electron chi connectivity index (χ1n) is 39.2. The number of unbranched alkanes of at least 4 members (excludes halogenated alkanes) is 1. The van der Waals surface area contributed by atoms with Gasteiger partial charge in [-0.15, -0.1) is 0 Å². The molecule has 1 aliphatic carbocycles. The van der Waals surface area contributed by atoms with Crippen LogP contribution in [0, 0.1) is 11.7 Å². The number of aromatic amines is 2. The van der Waals surface area contributed by atoms with E-state index in [2.05, 4.69) is 88.5 Å². The van der Waals surface area contributed by atoms with Crippen molar-refractivity contribution in [3.63, 3.8) is 0 Å². The molecule has 16 N–H and O–H groups in total. The van der Waals surface area contributed by atoms with Crippen molar-refractivity contribution in [1.29, 1.82) is 0 Å². The van der Waals surface area contributed by atoms with Crippen LogP contribution in [-0.2, 0) is 80.0 Å². The highest BCUT2D eigenvalue weighted by atomic mass is 19.1. The molecule has 5 aromatic carbocycles. The Morgan fingerprint density at radius 3 is 1.79 bits per heavy atom. The molecule has 2 fully saturated rings. The number of nitrogens with zero attached hydrogens (tertiary/aromatic N) is 4. The molecule has 598 valence electrons. The third-order valence-electron chi connectivity index (χ3n) is 21.9. The van der Waals surface area contributed by atoms with Gasteiger partial charge >= 0.3 is 0 Å². The number of aliphatic hydroxyl groups is 1. The minimum absolute atomic E-state index is 0.00365. The number of nitrogens with two attached hydrogens (primary N) is 3. The molecule has 0 spiro atoms. The summed E-state index contributed by atoms with van der Waals surface area (Å²) in [6.07, 6.45) is 5.05. The zero-order valence-corrected chi connectivity index (χ0v) is 64.4. The first-order chi connectivity index (χ1) is 53.9. The van der Waals surface area contributed by atoms with Gasteiger partial charge in [-0.3, -0.25) is 52.9 Å². The van der Waals surface area contributed by atoms with Crippen LogP contribution in [0.25, 0.3) is 21.8 Å². The third kappa shape index (κ3) is 22.9. The Balaban J connectivity index is 0.991. The third-order valence-corrected chi connectivity index (χ3v) is 21.9. The fourth-order valence-electron chi connectivity index (χ4n) is 16.0. The number of rotatable bonds is 24. The van der Waals surface area contributed by atoms with E-state index in [1.807, 2.05) is 24.3 Å². The Morgan fingerprint density at radius 1 is 0.589 bits per heavy atom. The average molecular weight is 1540 g/mol. The molecular weight excluding hydrogens is 1430 g/mol. The summed E-state index contributed by atoms with van der Waals surface area (Å²) < 4.78 is 14.4. The van der Waals surface area contributed by atoms with Crippen LogP contribution in [0.15, 0.2) is 145 Å². The number of halogens is 1. The number of likely N-dealkylation sites (tertiary alicyclic amines) is 1. The van der Waals surface area contributed by atoms with Gasteiger partial charge in [0, 0.05) is 118 Å². The molecule has 3 aliphatic rings. The largest absolute Gasteiger partial charge is 0.391 e. The predicted molar refractivity (Wildman–Crippen MR) is 426 cm³/mol. The number of guanidine groups is 1. The molecule has 0 bridgehead atoms. The van der Waals surface area contributed by atoms with Crippen molar-refractivity contribution in [2.45, 2.75) is 196 Å². The molecule has 2 aromatic heterocycles. The number of carbonyl (C=O) groups excluding carboxylic acids is 10. The van der Waals surface area contributed by atoms with Gasteiger partial charge in [0.1, 0.15) is 48.1 Å². The summed E-state index contributed by atoms with van der Waals surface area (Å²) in [7, 11) is 2.14. The Bertz CT molecular complexity index is 4420. The van der Waals surface area contributed by atoms with Crippen LogP contribution in [0.2, 0.25) is 0 Å². The Labute approximate surface area is 652 Å². The van der Waals surface area contributed by atoms with Crippen LogP contribution in [-0.4, -0.2) is 201 Å². The first-order valence-corrected chi connectivity index (χ1v) is 39.2. The quantitative estimate of drug-likeness (QED) is 0.0222. The number of amides is 9. The maximum atomic E-state index is 15.6. The normalized spacial score (nSPS) is 23.3. The van der Waals surface area contributed by atoms with Crippen LogP contribution in [0.1, 0.15) is 137 Å².